The van der Waals surface area contributed by atoms with Crippen molar-refractivity contribution in [3.05, 3.63) is 24.2 Å². The van der Waals surface area contributed by atoms with E-state index in [0.717, 1.165) is 0 Å². The maximum absolute atomic E-state index is 8.82. The molecule has 2 N–H and O–H groups in total. The zero-order chi connectivity index (χ0) is 11.5. The Labute approximate surface area is 96.1 Å². The number of nitrogens with two attached hydrogens (primary N) is 1. The average Bonchev–Trinajstić information content (AvgIpc) is 2.68. The smallest absolute Gasteiger partial charge is 0.192 e. The van der Waals surface area contributed by atoms with Crippen molar-refractivity contribution in [2.24, 2.45) is 7.05 Å². The first-order valence-electron chi connectivity index (χ1n) is 4.39. The van der Waals surface area contributed by atoms with E-state index in [1.807, 2.05) is 6.07 Å². The fourth-order valence-electron chi connectivity index (χ4n) is 1.10. The molecule has 0 amide bonds. The Morgan fingerprint density at radius 1 is 1.50 bits per heavy atom. The average molecular weight is 232 g/mol. The Bertz CT molecular complexity index is 555. The molecule has 80 valence electrons. The van der Waals surface area contributed by atoms with Crippen LogP contribution in [0.4, 0.5) is 5.69 Å². The van der Waals surface area contributed by atoms with Crippen molar-refractivity contribution < 1.29 is 0 Å². The summed E-state index contributed by atoms with van der Waals surface area (Å²) in [4.78, 5) is 8.15. The first-order valence-corrected chi connectivity index (χ1v) is 5.20. The first kappa shape index (κ1) is 10.4. The number of nitriles is 1. The van der Waals surface area contributed by atoms with Crippen molar-refractivity contribution in [1.29, 1.82) is 5.26 Å². The van der Waals surface area contributed by atoms with E-state index in [0.29, 0.717) is 21.4 Å². The molecule has 0 spiro atoms. The van der Waals surface area contributed by atoms with Crippen molar-refractivity contribution in [1.82, 2.24) is 19.7 Å². The third-order valence-corrected chi connectivity index (χ3v) is 3.00. The van der Waals surface area contributed by atoms with Gasteiger partial charge in [-0.15, -0.1) is 0 Å². The maximum Gasteiger partial charge on any atom is 0.192 e. The van der Waals surface area contributed by atoms with Gasteiger partial charge in [0.2, 0.25) is 0 Å². The van der Waals surface area contributed by atoms with Crippen LogP contribution in [0, 0.1) is 11.3 Å². The Balaban J connectivity index is 2.36. The number of hydrogen-bond donors (Lipinski definition) is 1. The van der Waals surface area contributed by atoms with Gasteiger partial charge < -0.3 is 5.73 Å². The molecule has 0 atom stereocenters. The topological polar surface area (TPSA) is 93.4 Å². The quantitative estimate of drug-likeness (QED) is 0.823. The highest BCUT2D eigenvalue weighted by molar-refractivity contribution is 7.99. The number of nitrogens with zero attached hydrogens (tertiary/aromatic N) is 5. The van der Waals surface area contributed by atoms with Gasteiger partial charge in [0.1, 0.15) is 17.4 Å². The van der Waals surface area contributed by atoms with Gasteiger partial charge in [-0.1, -0.05) is 0 Å². The number of aromatic nitrogens is 4. The van der Waals surface area contributed by atoms with E-state index in [1.54, 1.807) is 24.0 Å². The fourth-order valence-corrected chi connectivity index (χ4v) is 1.88. The van der Waals surface area contributed by atoms with Crippen LogP contribution >= 0.6 is 11.8 Å². The third kappa shape index (κ3) is 1.83. The lowest BCUT2D eigenvalue weighted by molar-refractivity contribution is 0.684. The summed E-state index contributed by atoms with van der Waals surface area (Å²) in [5.74, 6) is 0. The third-order valence-electron chi connectivity index (χ3n) is 1.93. The monoisotopic (exact) mass is 232 g/mol. The Kier molecular flexibility index (Phi) is 2.74. The summed E-state index contributed by atoms with van der Waals surface area (Å²) >= 11 is 1.28. The normalized spacial score (nSPS) is 10.0. The molecule has 0 aliphatic heterocycles. The van der Waals surface area contributed by atoms with E-state index in [1.165, 1.54) is 18.1 Å². The maximum atomic E-state index is 8.82. The highest BCUT2D eigenvalue weighted by Crippen LogP contribution is 2.29. The molecule has 0 bridgehead atoms. The molecule has 0 saturated carbocycles. The van der Waals surface area contributed by atoms with Crippen molar-refractivity contribution in [3.63, 3.8) is 0 Å². The summed E-state index contributed by atoms with van der Waals surface area (Å²) in [5.41, 5.74) is 6.59. The van der Waals surface area contributed by atoms with Gasteiger partial charge in [0, 0.05) is 13.2 Å². The Morgan fingerprint density at radius 3 is 2.94 bits per heavy atom. The standard InChI is InChI=1S/C9H8N6S/c1-15-9(13-5-14-15)16-8-7(11)6(4-10)2-3-12-8/h2-3,5H,11H2,1H3. The van der Waals surface area contributed by atoms with Crippen molar-refractivity contribution in [3.8, 4) is 6.07 Å². The van der Waals surface area contributed by atoms with Crippen LogP contribution in [0.2, 0.25) is 0 Å². The molecule has 0 aliphatic rings. The van der Waals surface area contributed by atoms with Gasteiger partial charge >= 0.3 is 0 Å². The molecule has 0 fully saturated rings. The molecule has 0 aliphatic carbocycles. The van der Waals surface area contributed by atoms with Crippen molar-refractivity contribution in [2.45, 2.75) is 10.2 Å². The second-order valence-electron chi connectivity index (χ2n) is 2.96. The Hall–Kier alpha value is -2.07. The van der Waals surface area contributed by atoms with Crippen LogP contribution in [0.25, 0.3) is 0 Å². The first-order chi connectivity index (χ1) is 7.72. The summed E-state index contributed by atoms with van der Waals surface area (Å²) in [7, 11) is 1.78. The number of nitrogen functional groups attached to an aromatic ring is 1. The molecule has 0 radical (unpaired) electrons. The van der Waals surface area contributed by atoms with E-state index < -0.39 is 0 Å². The molecule has 2 heterocycles. The summed E-state index contributed by atoms with van der Waals surface area (Å²) in [5, 5.41) is 14.0. The SMILES string of the molecule is Cn1ncnc1Sc1nccc(C#N)c1N. The largest absolute Gasteiger partial charge is 0.395 e. The summed E-state index contributed by atoms with van der Waals surface area (Å²) in [6.45, 7) is 0. The van der Waals surface area contributed by atoms with Gasteiger partial charge in [0.15, 0.2) is 5.16 Å². The van der Waals surface area contributed by atoms with Crippen LogP contribution in [0.3, 0.4) is 0 Å². The second-order valence-corrected chi connectivity index (χ2v) is 3.91. The van der Waals surface area contributed by atoms with E-state index in [9.17, 15) is 0 Å². The van der Waals surface area contributed by atoms with Crippen LogP contribution < -0.4 is 5.73 Å². The lowest BCUT2D eigenvalue weighted by Crippen LogP contribution is -1.98. The molecule has 2 aromatic heterocycles. The molecule has 2 rings (SSSR count). The van der Waals surface area contributed by atoms with Crippen LogP contribution in [0.5, 0.6) is 0 Å². The molecular formula is C9H8N6S. The van der Waals surface area contributed by atoms with Crippen LogP contribution in [-0.4, -0.2) is 19.7 Å². The van der Waals surface area contributed by atoms with Gasteiger partial charge in [0.25, 0.3) is 0 Å². The van der Waals surface area contributed by atoms with Crippen molar-refractivity contribution >= 4 is 17.4 Å². The number of hydrogen-bond acceptors (Lipinski definition) is 6. The highest BCUT2D eigenvalue weighted by atomic mass is 32.2. The highest BCUT2D eigenvalue weighted by Gasteiger charge is 2.10. The molecule has 2 aromatic rings. The molecular weight excluding hydrogens is 224 g/mol. The molecule has 0 aromatic carbocycles. The molecule has 7 heteroatoms. The van der Waals surface area contributed by atoms with Gasteiger partial charge in [0.05, 0.1) is 11.3 Å². The number of aryl methyl sites for hydroxylation is 1. The number of rotatable bonds is 2. The van der Waals surface area contributed by atoms with E-state index in [4.69, 9.17) is 11.0 Å². The number of pyridine rings is 1. The zero-order valence-electron chi connectivity index (χ0n) is 8.45. The van der Waals surface area contributed by atoms with Gasteiger partial charge in [-0.3, -0.25) is 0 Å². The van der Waals surface area contributed by atoms with Gasteiger partial charge in [-0.05, 0) is 17.8 Å². The fraction of sp³-hybridized carbons (Fsp3) is 0.111. The minimum Gasteiger partial charge on any atom is -0.395 e. The minimum absolute atomic E-state index is 0.373. The van der Waals surface area contributed by atoms with E-state index in [-0.39, 0.29) is 0 Å². The minimum atomic E-state index is 0.373. The van der Waals surface area contributed by atoms with Crippen LogP contribution in [0.1, 0.15) is 5.56 Å². The summed E-state index contributed by atoms with van der Waals surface area (Å²) < 4.78 is 1.62. The summed E-state index contributed by atoms with van der Waals surface area (Å²) in [6, 6.07) is 3.59. The molecule has 0 unspecified atom stereocenters. The van der Waals surface area contributed by atoms with Crippen molar-refractivity contribution in [2.75, 3.05) is 5.73 Å². The summed E-state index contributed by atoms with van der Waals surface area (Å²) in [6.07, 6.45) is 3.00. The predicted octanol–water partition coefficient (Wildman–Crippen LogP) is 0.815. The van der Waals surface area contributed by atoms with Gasteiger partial charge in [-0.2, -0.15) is 10.4 Å². The Morgan fingerprint density at radius 2 is 2.31 bits per heavy atom. The predicted molar refractivity (Wildman–Crippen MR) is 58.5 cm³/mol. The lowest BCUT2D eigenvalue weighted by Gasteiger charge is -2.04. The van der Waals surface area contributed by atoms with Gasteiger partial charge in [-0.25, -0.2) is 14.6 Å². The molecule has 6 nitrogen and oxygen atoms in total. The van der Waals surface area contributed by atoms with Crippen LogP contribution in [-0.2, 0) is 7.05 Å². The number of anilines is 1. The molecule has 0 saturated heterocycles. The van der Waals surface area contributed by atoms with E-state index in [2.05, 4.69) is 15.1 Å². The van der Waals surface area contributed by atoms with E-state index >= 15 is 0 Å². The molecule has 16 heavy (non-hydrogen) atoms. The zero-order valence-corrected chi connectivity index (χ0v) is 9.27. The lowest BCUT2D eigenvalue weighted by atomic mass is 10.2. The van der Waals surface area contributed by atoms with Crippen LogP contribution in [0.15, 0.2) is 28.8 Å². The second kappa shape index (κ2) is 4.20.